The first-order chi connectivity index (χ1) is 16.6. The van der Waals surface area contributed by atoms with Gasteiger partial charge in [0.15, 0.2) is 0 Å². The summed E-state index contributed by atoms with van der Waals surface area (Å²) in [7, 11) is 0. The molecule has 7 nitrogen and oxygen atoms in total. The third-order valence-corrected chi connectivity index (χ3v) is 5.81. The molecular weight excluding hydrogens is 428 g/mol. The molecule has 1 aliphatic rings. The van der Waals surface area contributed by atoms with E-state index in [0.717, 1.165) is 30.9 Å². The largest absolute Gasteiger partial charge is 0.494 e. The summed E-state index contributed by atoms with van der Waals surface area (Å²) in [6, 6.07) is 20.9. The molecule has 2 aromatic carbocycles. The number of nitrogens with zero attached hydrogens (tertiary/aromatic N) is 4. The highest BCUT2D eigenvalue weighted by molar-refractivity contribution is 5.76. The minimum absolute atomic E-state index is 0.0579. The second-order valence-electron chi connectivity index (χ2n) is 8.17. The quantitative estimate of drug-likeness (QED) is 0.519. The van der Waals surface area contributed by atoms with Crippen LogP contribution in [0.1, 0.15) is 12.5 Å². The summed E-state index contributed by atoms with van der Waals surface area (Å²) in [5, 5.41) is 4.43. The summed E-state index contributed by atoms with van der Waals surface area (Å²) < 4.78 is 6.73. The van der Waals surface area contributed by atoms with Crippen molar-refractivity contribution >= 4 is 12.0 Å². The molecule has 1 aromatic heterocycles. The molecule has 176 valence electrons. The minimum Gasteiger partial charge on any atom is -0.494 e. The maximum atomic E-state index is 12.9. The lowest BCUT2D eigenvalue weighted by Crippen LogP contribution is -2.50. The van der Waals surface area contributed by atoms with Crippen LogP contribution in [0.4, 0.5) is 0 Å². The monoisotopic (exact) mass is 458 g/mol. The molecule has 0 unspecified atom stereocenters. The maximum absolute atomic E-state index is 12.9. The number of ether oxygens (including phenoxy) is 1. The van der Waals surface area contributed by atoms with Crippen LogP contribution in [0.15, 0.2) is 77.6 Å². The predicted octanol–water partition coefficient (Wildman–Crippen LogP) is 3.17. The minimum atomic E-state index is -0.285. The zero-order valence-corrected chi connectivity index (χ0v) is 19.5. The first-order valence-electron chi connectivity index (χ1n) is 11.7. The maximum Gasteiger partial charge on any atom is 0.267 e. The average Bonchev–Trinajstić information content (AvgIpc) is 2.87. The van der Waals surface area contributed by atoms with Crippen LogP contribution in [0.25, 0.3) is 17.3 Å². The zero-order valence-electron chi connectivity index (χ0n) is 19.5. The molecule has 1 fully saturated rings. The van der Waals surface area contributed by atoms with Crippen molar-refractivity contribution in [2.75, 3.05) is 39.3 Å². The Morgan fingerprint density at radius 3 is 2.41 bits per heavy atom. The lowest BCUT2D eigenvalue weighted by molar-refractivity contribution is -0.133. The van der Waals surface area contributed by atoms with Crippen LogP contribution in [0.5, 0.6) is 5.75 Å². The highest BCUT2D eigenvalue weighted by Crippen LogP contribution is 2.20. The van der Waals surface area contributed by atoms with Crippen LogP contribution >= 0.6 is 0 Å². The van der Waals surface area contributed by atoms with E-state index in [1.165, 1.54) is 16.3 Å². The molecule has 0 radical (unpaired) electrons. The van der Waals surface area contributed by atoms with Gasteiger partial charge in [-0.3, -0.25) is 14.5 Å². The van der Waals surface area contributed by atoms with Crippen molar-refractivity contribution in [2.24, 2.45) is 0 Å². The van der Waals surface area contributed by atoms with E-state index < -0.39 is 0 Å². The second-order valence-corrected chi connectivity index (χ2v) is 8.17. The first-order valence-corrected chi connectivity index (χ1v) is 11.7. The summed E-state index contributed by atoms with van der Waals surface area (Å²) in [6.45, 7) is 6.23. The summed E-state index contributed by atoms with van der Waals surface area (Å²) in [4.78, 5) is 29.3. The fourth-order valence-corrected chi connectivity index (χ4v) is 3.91. The first kappa shape index (κ1) is 23.4. The number of hydrogen-bond acceptors (Lipinski definition) is 5. The van der Waals surface area contributed by atoms with Crippen LogP contribution in [-0.2, 0) is 11.3 Å². The molecule has 0 N–H and O–H groups in total. The highest BCUT2D eigenvalue weighted by atomic mass is 16.5. The Hall–Kier alpha value is -3.71. The molecule has 34 heavy (non-hydrogen) atoms. The van der Waals surface area contributed by atoms with E-state index >= 15 is 0 Å². The van der Waals surface area contributed by atoms with Gasteiger partial charge in [-0.2, -0.15) is 5.10 Å². The van der Waals surface area contributed by atoms with Crippen molar-refractivity contribution in [1.29, 1.82) is 0 Å². The third-order valence-electron chi connectivity index (χ3n) is 5.81. The van der Waals surface area contributed by atoms with Gasteiger partial charge in [0.25, 0.3) is 5.56 Å². The van der Waals surface area contributed by atoms with E-state index in [1.54, 1.807) is 6.07 Å². The van der Waals surface area contributed by atoms with E-state index in [-0.39, 0.29) is 18.0 Å². The van der Waals surface area contributed by atoms with Gasteiger partial charge in [-0.25, -0.2) is 4.68 Å². The van der Waals surface area contributed by atoms with Crippen molar-refractivity contribution in [3.8, 4) is 17.0 Å². The van der Waals surface area contributed by atoms with Crippen LogP contribution in [0, 0.1) is 0 Å². The molecular formula is C27H30N4O3. The van der Waals surface area contributed by atoms with Gasteiger partial charge < -0.3 is 9.64 Å². The lowest BCUT2D eigenvalue weighted by atomic mass is 10.1. The van der Waals surface area contributed by atoms with Gasteiger partial charge in [-0.05, 0) is 42.8 Å². The van der Waals surface area contributed by atoms with E-state index in [4.69, 9.17) is 4.74 Å². The zero-order chi connectivity index (χ0) is 23.8. The summed E-state index contributed by atoms with van der Waals surface area (Å²) in [6.07, 6.45) is 4.27. The fraction of sp³-hybridized carbons (Fsp3) is 0.296. The van der Waals surface area contributed by atoms with Crippen LogP contribution in [0.2, 0.25) is 0 Å². The van der Waals surface area contributed by atoms with Gasteiger partial charge in [-0.1, -0.05) is 42.5 Å². The second kappa shape index (κ2) is 11.4. The molecule has 7 heteroatoms. The molecule has 1 aliphatic heterocycles. The number of benzene rings is 2. The van der Waals surface area contributed by atoms with Crippen molar-refractivity contribution in [3.63, 3.8) is 0 Å². The van der Waals surface area contributed by atoms with Gasteiger partial charge in [0.2, 0.25) is 5.91 Å². The summed E-state index contributed by atoms with van der Waals surface area (Å²) in [5.74, 6) is 0.697. The van der Waals surface area contributed by atoms with Gasteiger partial charge in [0.05, 0.1) is 12.3 Å². The van der Waals surface area contributed by atoms with Crippen LogP contribution in [0.3, 0.4) is 0 Å². The molecule has 0 saturated carbocycles. The SMILES string of the molecule is CCOc1ccc(-c2ccc(=O)n(CC(=O)N3CCN(C/C=C/c4ccccc4)CC3)n2)cc1. The summed E-state index contributed by atoms with van der Waals surface area (Å²) >= 11 is 0. The molecule has 0 bridgehead atoms. The van der Waals surface area contributed by atoms with E-state index in [9.17, 15) is 9.59 Å². The number of carbonyl (C=O) groups is 1. The molecule has 1 saturated heterocycles. The molecule has 2 heterocycles. The Morgan fingerprint density at radius 1 is 0.971 bits per heavy atom. The normalized spacial score (nSPS) is 14.4. The lowest BCUT2D eigenvalue weighted by Gasteiger charge is -2.34. The van der Waals surface area contributed by atoms with Gasteiger partial charge in [-0.15, -0.1) is 0 Å². The van der Waals surface area contributed by atoms with E-state index in [0.29, 0.717) is 25.4 Å². The Balaban J connectivity index is 1.32. The molecule has 0 spiro atoms. The molecule has 4 rings (SSSR count). The topological polar surface area (TPSA) is 67.7 Å². The fourth-order valence-electron chi connectivity index (χ4n) is 3.91. The van der Waals surface area contributed by atoms with E-state index in [1.807, 2.05) is 54.3 Å². The number of carbonyl (C=O) groups excluding carboxylic acids is 1. The number of rotatable bonds is 8. The average molecular weight is 459 g/mol. The van der Waals surface area contributed by atoms with Crippen molar-refractivity contribution in [3.05, 3.63) is 88.7 Å². The smallest absolute Gasteiger partial charge is 0.267 e. The Bertz CT molecular complexity index is 1160. The Labute approximate surface area is 199 Å². The van der Waals surface area contributed by atoms with Gasteiger partial charge in [0, 0.05) is 44.4 Å². The Morgan fingerprint density at radius 2 is 1.71 bits per heavy atom. The standard InChI is InChI=1S/C27H30N4O3/c1-2-34-24-12-10-23(11-13-24)25-14-15-26(32)31(28-25)21-27(33)30-19-17-29(18-20-30)16-6-9-22-7-4-3-5-8-22/h3-15H,2,16-21H2,1H3/b9-6+. The van der Waals surface area contributed by atoms with Crippen LogP contribution in [-0.4, -0.2) is 64.8 Å². The number of amides is 1. The number of aromatic nitrogens is 2. The predicted molar refractivity (Wildman–Crippen MR) is 134 cm³/mol. The number of hydrogen-bond donors (Lipinski definition) is 0. The summed E-state index contributed by atoms with van der Waals surface area (Å²) in [5.41, 5.74) is 2.40. The van der Waals surface area contributed by atoms with Gasteiger partial charge >= 0.3 is 0 Å². The number of piperazine rings is 1. The molecule has 0 aliphatic carbocycles. The van der Waals surface area contributed by atoms with Crippen molar-refractivity contribution < 1.29 is 9.53 Å². The van der Waals surface area contributed by atoms with E-state index in [2.05, 4.69) is 34.3 Å². The van der Waals surface area contributed by atoms with Gasteiger partial charge in [0.1, 0.15) is 12.3 Å². The van der Waals surface area contributed by atoms with Crippen molar-refractivity contribution in [2.45, 2.75) is 13.5 Å². The Kier molecular flexibility index (Phi) is 7.88. The molecule has 0 atom stereocenters. The van der Waals surface area contributed by atoms with Crippen molar-refractivity contribution in [1.82, 2.24) is 19.6 Å². The third kappa shape index (κ3) is 6.20. The highest BCUT2D eigenvalue weighted by Gasteiger charge is 2.21. The molecule has 3 aromatic rings. The van der Waals surface area contributed by atoms with Crippen LogP contribution < -0.4 is 10.3 Å². The molecule has 1 amide bonds.